The molecule has 8 heteroatoms. The molecule has 1 fully saturated rings. The number of carbonyl (C=O) groups is 1. The van der Waals surface area contributed by atoms with Gasteiger partial charge in [0, 0.05) is 31.9 Å². The Hall–Kier alpha value is -2.06. The molecular formula is C24H21ClN2O2S3. The van der Waals surface area contributed by atoms with Crippen LogP contribution in [0.2, 0.25) is 5.02 Å². The van der Waals surface area contributed by atoms with E-state index in [9.17, 15) is 4.79 Å². The SMILES string of the molecule is O=C(COc1ccc(C2SCCS2)cc1)N/N=C/c1ccccc1Sc1ccc(Cl)cc1. The number of hydrazone groups is 1. The lowest BCUT2D eigenvalue weighted by Gasteiger charge is -2.10. The van der Waals surface area contributed by atoms with E-state index in [1.165, 1.54) is 17.1 Å². The maximum atomic E-state index is 12.1. The third kappa shape index (κ3) is 6.72. The first kappa shape index (κ1) is 23.1. The van der Waals surface area contributed by atoms with Gasteiger partial charge in [-0.1, -0.05) is 53.7 Å². The van der Waals surface area contributed by atoms with E-state index in [2.05, 4.69) is 22.7 Å². The van der Waals surface area contributed by atoms with Gasteiger partial charge in [0.25, 0.3) is 5.91 Å². The summed E-state index contributed by atoms with van der Waals surface area (Å²) in [6.07, 6.45) is 1.64. The predicted octanol–water partition coefficient (Wildman–Crippen LogP) is 6.50. The number of thioether (sulfide) groups is 2. The van der Waals surface area contributed by atoms with Crippen LogP contribution in [0, 0.1) is 0 Å². The topological polar surface area (TPSA) is 50.7 Å². The molecule has 1 aliphatic rings. The van der Waals surface area contributed by atoms with E-state index >= 15 is 0 Å². The molecule has 164 valence electrons. The molecule has 1 N–H and O–H groups in total. The van der Waals surface area contributed by atoms with Gasteiger partial charge in [0.05, 0.1) is 10.8 Å². The molecule has 0 atom stereocenters. The number of hydrogen-bond acceptors (Lipinski definition) is 6. The quantitative estimate of drug-likeness (QED) is 0.282. The fourth-order valence-corrected chi connectivity index (χ4v) is 6.83. The molecule has 3 aromatic carbocycles. The van der Waals surface area contributed by atoms with Gasteiger partial charge in [-0.2, -0.15) is 5.10 Å². The Balaban J connectivity index is 1.27. The number of rotatable bonds is 8. The van der Waals surface area contributed by atoms with Gasteiger partial charge in [0.2, 0.25) is 0 Å². The lowest BCUT2D eigenvalue weighted by atomic mass is 10.2. The molecule has 0 aromatic heterocycles. The smallest absolute Gasteiger partial charge is 0.277 e. The van der Waals surface area contributed by atoms with Crippen LogP contribution in [0.5, 0.6) is 5.75 Å². The van der Waals surface area contributed by atoms with Crippen LogP contribution in [0.25, 0.3) is 0 Å². The first-order valence-corrected chi connectivity index (χ1v) is 13.3. The number of hydrogen-bond donors (Lipinski definition) is 1. The molecule has 0 aliphatic carbocycles. The second kappa shape index (κ2) is 11.7. The number of carbonyl (C=O) groups excluding carboxylic acids is 1. The van der Waals surface area contributed by atoms with E-state index in [0.717, 1.165) is 15.4 Å². The molecule has 1 aliphatic heterocycles. The number of amides is 1. The highest BCUT2D eigenvalue weighted by Gasteiger charge is 2.18. The summed E-state index contributed by atoms with van der Waals surface area (Å²) in [5.41, 5.74) is 4.72. The largest absolute Gasteiger partial charge is 0.484 e. The highest BCUT2D eigenvalue weighted by Crippen LogP contribution is 2.45. The second-order valence-corrected chi connectivity index (χ2v) is 11.1. The van der Waals surface area contributed by atoms with Crippen LogP contribution in [0.4, 0.5) is 0 Å². The van der Waals surface area contributed by atoms with Crippen molar-refractivity contribution in [2.24, 2.45) is 5.10 Å². The minimum absolute atomic E-state index is 0.0925. The lowest BCUT2D eigenvalue weighted by molar-refractivity contribution is -0.123. The van der Waals surface area contributed by atoms with E-state index in [1.807, 2.05) is 84.2 Å². The molecule has 0 radical (unpaired) electrons. The third-order valence-corrected chi connectivity index (χ3v) is 8.95. The first-order chi connectivity index (χ1) is 15.7. The van der Waals surface area contributed by atoms with Crippen molar-refractivity contribution >= 4 is 59.0 Å². The maximum absolute atomic E-state index is 12.1. The van der Waals surface area contributed by atoms with Crippen molar-refractivity contribution in [2.75, 3.05) is 18.1 Å². The van der Waals surface area contributed by atoms with E-state index in [0.29, 0.717) is 15.4 Å². The highest BCUT2D eigenvalue weighted by molar-refractivity contribution is 8.19. The van der Waals surface area contributed by atoms with Crippen LogP contribution in [0.1, 0.15) is 15.7 Å². The Kier molecular flexibility index (Phi) is 8.45. The van der Waals surface area contributed by atoms with E-state index in [-0.39, 0.29) is 12.5 Å². The lowest BCUT2D eigenvalue weighted by Crippen LogP contribution is -2.24. The molecule has 1 heterocycles. The molecule has 0 unspecified atom stereocenters. The monoisotopic (exact) mass is 500 g/mol. The Morgan fingerprint density at radius 1 is 1.06 bits per heavy atom. The van der Waals surface area contributed by atoms with Crippen molar-refractivity contribution in [3.05, 3.63) is 88.9 Å². The zero-order valence-electron chi connectivity index (χ0n) is 17.1. The summed E-state index contributed by atoms with van der Waals surface area (Å²) in [6.45, 7) is -0.0925. The fraction of sp³-hybridized carbons (Fsp3) is 0.167. The Labute approximate surface area is 205 Å². The van der Waals surface area contributed by atoms with Crippen molar-refractivity contribution in [3.63, 3.8) is 0 Å². The molecule has 0 bridgehead atoms. The van der Waals surface area contributed by atoms with Crippen LogP contribution >= 0.6 is 46.9 Å². The third-order valence-electron chi connectivity index (χ3n) is 4.50. The van der Waals surface area contributed by atoms with Crippen molar-refractivity contribution in [1.29, 1.82) is 0 Å². The van der Waals surface area contributed by atoms with Crippen LogP contribution < -0.4 is 10.2 Å². The summed E-state index contributed by atoms with van der Waals surface area (Å²) in [5.74, 6) is 2.75. The number of nitrogens with one attached hydrogen (secondary N) is 1. The van der Waals surface area contributed by atoms with Gasteiger partial charge >= 0.3 is 0 Å². The summed E-state index contributed by atoms with van der Waals surface area (Å²) in [4.78, 5) is 14.2. The van der Waals surface area contributed by atoms with Gasteiger partial charge in [0.15, 0.2) is 6.61 Å². The number of halogens is 1. The summed E-state index contributed by atoms with van der Waals surface area (Å²) >= 11 is 11.5. The molecular weight excluding hydrogens is 480 g/mol. The van der Waals surface area contributed by atoms with Gasteiger partial charge in [-0.3, -0.25) is 4.79 Å². The zero-order chi connectivity index (χ0) is 22.2. The average molecular weight is 501 g/mol. The average Bonchev–Trinajstić information content (AvgIpc) is 3.36. The molecule has 3 aromatic rings. The Morgan fingerprint density at radius 2 is 1.78 bits per heavy atom. The minimum Gasteiger partial charge on any atom is -0.484 e. The highest BCUT2D eigenvalue weighted by atomic mass is 35.5. The van der Waals surface area contributed by atoms with Crippen LogP contribution in [0.3, 0.4) is 0 Å². The van der Waals surface area contributed by atoms with Crippen LogP contribution in [0.15, 0.2) is 87.7 Å². The van der Waals surface area contributed by atoms with E-state index in [4.69, 9.17) is 16.3 Å². The van der Waals surface area contributed by atoms with Gasteiger partial charge in [-0.15, -0.1) is 23.5 Å². The van der Waals surface area contributed by atoms with E-state index in [1.54, 1.807) is 18.0 Å². The molecule has 0 spiro atoms. The van der Waals surface area contributed by atoms with Crippen molar-refractivity contribution in [3.8, 4) is 5.75 Å². The molecule has 4 rings (SSSR count). The maximum Gasteiger partial charge on any atom is 0.277 e. The Morgan fingerprint density at radius 3 is 2.53 bits per heavy atom. The van der Waals surface area contributed by atoms with Crippen LogP contribution in [-0.2, 0) is 4.79 Å². The standard InChI is InChI=1S/C24H21ClN2O2S3/c25-19-7-11-21(12-8-19)32-22-4-2-1-3-18(22)15-26-27-23(28)16-29-20-9-5-17(6-10-20)24-30-13-14-31-24/h1-12,15,24H,13-14,16H2,(H,27,28)/b26-15+. The summed E-state index contributed by atoms with van der Waals surface area (Å²) < 4.78 is 6.09. The second-order valence-electron chi connectivity index (χ2n) is 6.82. The summed E-state index contributed by atoms with van der Waals surface area (Å²) in [5, 5.41) is 4.80. The fourth-order valence-electron chi connectivity index (χ4n) is 2.94. The zero-order valence-corrected chi connectivity index (χ0v) is 20.3. The molecule has 1 saturated heterocycles. The normalized spacial score (nSPS) is 14.0. The Bertz CT molecular complexity index is 1070. The molecule has 1 amide bonds. The number of benzene rings is 3. The molecule has 4 nitrogen and oxygen atoms in total. The van der Waals surface area contributed by atoms with Crippen molar-refractivity contribution in [1.82, 2.24) is 5.43 Å². The van der Waals surface area contributed by atoms with Crippen molar-refractivity contribution < 1.29 is 9.53 Å². The summed E-state index contributed by atoms with van der Waals surface area (Å²) in [7, 11) is 0. The van der Waals surface area contributed by atoms with Gasteiger partial charge in [-0.25, -0.2) is 5.43 Å². The van der Waals surface area contributed by atoms with Gasteiger partial charge in [0.1, 0.15) is 5.75 Å². The van der Waals surface area contributed by atoms with Crippen molar-refractivity contribution in [2.45, 2.75) is 14.4 Å². The first-order valence-electron chi connectivity index (χ1n) is 9.98. The molecule has 0 saturated carbocycles. The summed E-state index contributed by atoms with van der Waals surface area (Å²) in [6, 6.07) is 23.5. The number of ether oxygens (including phenoxy) is 1. The predicted molar refractivity (Wildman–Crippen MR) is 137 cm³/mol. The molecule has 32 heavy (non-hydrogen) atoms. The number of nitrogens with zero attached hydrogens (tertiary/aromatic N) is 1. The minimum atomic E-state index is -0.310. The van der Waals surface area contributed by atoms with Gasteiger partial charge < -0.3 is 4.74 Å². The van der Waals surface area contributed by atoms with Gasteiger partial charge in [-0.05, 0) is 48.0 Å². The van der Waals surface area contributed by atoms with E-state index < -0.39 is 0 Å². The van der Waals surface area contributed by atoms with Crippen LogP contribution in [-0.4, -0.2) is 30.2 Å².